The van der Waals surface area contributed by atoms with Crippen molar-refractivity contribution in [1.82, 2.24) is 30.1 Å². The van der Waals surface area contributed by atoms with Gasteiger partial charge in [-0.15, -0.1) is 0 Å². The molecule has 0 unspecified atom stereocenters. The summed E-state index contributed by atoms with van der Waals surface area (Å²) in [6.45, 7) is 12.3. The molecule has 0 spiro atoms. The third-order valence-electron chi connectivity index (χ3n) is 5.41. The zero-order chi connectivity index (χ0) is 22.1. The van der Waals surface area contributed by atoms with Gasteiger partial charge in [0.2, 0.25) is 0 Å². The quantitative estimate of drug-likeness (QED) is 0.347. The van der Waals surface area contributed by atoms with E-state index >= 15 is 0 Å². The van der Waals surface area contributed by atoms with Gasteiger partial charge in [0.1, 0.15) is 17.9 Å². The number of anilines is 1. The van der Waals surface area contributed by atoms with Crippen molar-refractivity contribution in [2.24, 2.45) is 0 Å². The van der Waals surface area contributed by atoms with Crippen LogP contribution < -0.4 is 16.4 Å². The van der Waals surface area contributed by atoms with E-state index in [2.05, 4.69) is 25.1 Å². The summed E-state index contributed by atoms with van der Waals surface area (Å²) in [6, 6.07) is 0. The Labute approximate surface area is 189 Å². The van der Waals surface area contributed by atoms with Gasteiger partial charge in [-0.2, -0.15) is 0 Å². The molecular weight excluding hydrogens is 414 g/mol. The number of nitrogen functional groups attached to an aromatic ring is 1. The molecule has 1 fully saturated rings. The van der Waals surface area contributed by atoms with E-state index in [1.54, 1.807) is 0 Å². The van der Waals surface area contributed by atoms with Crippen molar-refractivity contribution in [3.63, 3.8) is 0 Å². The van der Waals surface area contributed by atoms with Crippen molar-refractivity contribution >= 4 is 34.2 Å². The number of thiocarbonyl (C=S) groups is 1. The lowest BCUT2D eigenvalue weighted by Crippen LogP contribution is -2.43. The number of nitrogens with two attached hydrogens (primary N) is 1. The second-order valence-corrected chi connectivity index (χ2v) is 8.09. The van der Waals surface area contributed by atoms with Gasteiger partial charge in [0.25, 0.3) is 0 Å². The number of nitrogens with one attached hydrogen (secondary N) is 2. The Balaban J connectivity index is 1.43. The summed E-state index contributed by atoms with van der Waals surface area (Å²) in [5.74, 6) is 1.36. The Bertz CT molecular complexity index is 852. The van der Waals surface area contributed by atoms with E-state index in [-0.39, 0.29) is 0 Å². The first-order valence-corrected chi connectivity index (χ1v) is 11.5. The summed E-state index contributed by atoms with van der Waals surface area (Å²) in [7, 11) is 0. The highest BCUT2D eigenvalue weighted by Gasteiger charge is 2.15. The molecule has 0 amide bonds. The topological polar surface area (TPSA) is 102 Å². The summed E-state index contributed by atoms with van der Waals surface area (Å²) in [4.78, 5) is 11.3. The van der Waals surface area contributed by atoms with E-state index in [9.17, 15) is 0 Å². The molecule has 1 saturated heterocycles. The Kier molecular flexibility index (Phi) is 9.26. The molecule has 0 bridgehead atoms. The lowest BCUT2D eigenvalue weighted by atomic mass is 10.2. The number of imidazole rings is 1. The van der Waals surface area contributed by atoms with Crippen LogP contribution in [-0.4, -0.2) is 77.1 Å². The Morgan fingerprint density at radius 2 is 2.00 bits per heavy atom. The van der Waals surface area contributed by atoms with Gasteiger partial charge in [-0.05, 0) is 44.5 Å². The highest BCUT2D eigenvalue weighted by molar-refractivity contribution is 7.80. The van der Waals surface area contributed by atoms with E-state index < -0.39 is 0 Å². The molecule has 1 aliphatic rings. The number of fused-ring (bicyclic) bond motifs is 1. The second-order valence-electron chi connectivity index (χ2n) is 7.68. The molecule has 2 aromatic heterocycles. The monoisotopic (exact) mass is 449 g/mol. The smallest absolute Gasteiger partial charge is 0.166 e. The number of hydrogen-bond acceptors (Lipinski definition) is 7. The van der Waals surface area contributed by atoms with Crippen molar-refractivity contribution in [1.29, 1.82) is 0 Å². The molecule has 1 aliphatic heterocycles. The maximum atomic E-state index is 6.06. The number of aryl methyl sites for hydroxylation is 2. The van der Waals surface area contributed by atoms with Crippen LogP contribution in [0.15, 0.2) is 6.20 Å². The fraction of sp³-hybridized carbons (Fsp3) is 0.667. The van der Waals surface area contributed by atoms with E-state index in [0.29, 0.717) is 24.1 Å². The predicted molar refractivity (Wildman–Crippen MR) is 127 cm³/mol. The molecule has 0 aromatic carbocycles. The van der Waals surface area contributed by atoms with Crippen molar-refractivity contribution in [3.05, 3.63) is 17.6 Å². The summed E-state index contributed by atoms with van der Waals surface area (Å²) >= 11 is 5.40. The number of ether oxygens (including phenoxy) is 2. The van der Waals surface area contributed by atoms with E-state index in [1.165, 1.54) is 0 Å². The number of rotatable bonds is 11. The molecule has 3 heterocycles. The van der Waals surface area contributed by atoms with E-state index in [0.717, 1.165) is 87.7 Å². The average Bonchev–Trinajstić information content (AvgIpc) is 3.15. The molecule has 2 aromatic rings. The molecule has 0 atom stereocenters. The summed E-state index contributed by atoms with van der Waals surface area (Å²) in [6.07, 6.45) is 3.80. The van der Waals surface area contributed by atoms with Crippen LogP contribution in [0.5, 0.6) is 0 Å². The number of nitrogens with zero attached hydrogens (tertiary/aromatic N) is 4. The van der Waals surface area contributed by atoms with Crippen LogP contribution in [0.2, 0.25) is 0 Å². The minimum Gasteiger partial charge on any atom is -0.382 e. The zero-order valence-corrected chi connectivity index (χ0v) is 19.5. The maximum absolute atomic E-state index is 6.06. The first-order chi connectivity index (χ1) is 15.1. The molecule has 10 heteroatoms. The Morgan fingerprint density at radius 1 is 1.23 bits per heavy atom. The summed E-state index contributed by atoms with van der Waals surface area (Å²) < 4.78 is 13.2. The molecule has 0 saturated carbocycles. The van der Waals surface area contributed by atoms with Crippen LogP contribution in [0, 0.1) is 6.92 Å². The largest absolute Gasteiger partial charge is 0.382 e. The van der Waals surface area contributed by atoms with Crippen molar-refractivity contribution < 1.29 is 9.47 Å². The maximum Gasteiger partial charge on any atom is 0.166 e. The number of unbranched alkanes of at least 4 members (excludes halogenated alkanes) is 1. The van der Waals surface area contributed by atoms with Gasteiger partial charge in [-0.3, -0.25) is 4.90 Å². The van der Waals surface area contributed by atoms with Crippen LogP contribution in [0.25, 0.3) is 11.0 Å². The van der Waals surface area contributed by atoms with Crippen LogP contribution in [-0.2, 0) is 22.6 Å². The number of pyridine rings is 1. The summed E-state index contributed by atoms with van der Waals surface area (Å²) in [5.41, 5.74) is 8.95. The van der Waals surface area contributed by atoms with Gasteiger partial charge < -0.3 is 30.4 Å². The van der Waals surface area contributed by atoms with Gasteiger partial charge >= 0.3 is 0 Å². The van der Waals surface area contributed by atoms with Crippen LogP contribution in [0.4, 0.5) is 5.82 Å². The van der Waals surface area contributed by atoms with Crippen LogP contribution in [0.3, 0.4) is 0 Å². The standard InChI is InChI=1S/C21H35N7O2S/c1-3-29-15-17-26-18-19(16(2)14-25-20(18)22)28(17)8-5-4-6-23-21(31)24-7-9-27-10-12-30-13-11-27/h14H,3-13,15H2,1-2H3,(H2,22,25)(H2,23,24,31). The van der Waals surface area contributed by atoms with Crippen LogP contribution in [0.1, 0.15) is 31.2 Å². The highest BCUT2D eigenvalue weighted by atomic mass is 32.1. The fourth-order valence-corrected chi connectivity index (χ4v) is 3.93. The van der Waals surface area contributed by atoms with Crippen LogP contribution >= 0.6 is 12.2 Å². The number of morpholine rings is 1. The van der Waals surface area contributed by atoms with Crippen molar-refractivity contribution in [2.45, 2.75) is 39.8 Å². The molecule has 31 heavy (non-hydrogen) atoms. The minimum absolute atomic E-state index is 0.465. The fourth-order valence-electron chi connectivity index (χ4n) is 3.72. The Morgan fingerprint density at radius 3 is 2.77 bits per heavy atom. The van der Waals surface area contributed by atoms with Gasteiger partial charge in [-0.1, -0.05) is 0 Å². The molecule has 172 valence electrons. The Hall–Kier alpha value is -2.01. The molecule has 4 N–H and O–H groups in total. The molecule has 0 aliphatic carbocycles. The van der Waals surface area contributed by atoms with Crippen molar-refractivity contribution in [3.8, 4) is 0 Å². The van der Waals surface area contributed by atoms with E-state index in [4.69, 9.17) is 32.4 Å². The SMILES string of the molecule is CCOCc1nc2c(N)ncc(C)c2n1CCCCNC(=S)NCCN1CCOCC1. The van der Waals surface area contributed by atoms with Gasteiger partial charge in [-0.25, -0.2) is 9.97 Å². The normalized spacial score (nSPS) is 14.8. The van der Waals surface area contributed by atoms with E-state index in [1.807, 2.05) is 20.0 Å². The minimum atomic E-state index is 0.465. The van der Waals surface area contributed by atoms with Gasteiger partial charge in [0, 0.05) is 52.1 Å². The third kappa shape index (κ3) is 6.73. The second kappa shape index (κ2) is 12.1. The van der Waals surface area contributed by atoms with Gasteiger partial charge in [0.05, 0.1) is 18.7 Å². The first kappa shape index (κ1) is 23.6. The number of hydrogen-bond donors (Lipinski definition) is 3. The summed E-state index contributed by atoms with van der Waals surface area (Å²) in [5, 5.41) is 7.31. The molecular formula is C21H35N7O2S. The molecule has 9 nitrogen and oxygen atoms in total. The molecule has 0 radical (unpaired) electrons. The average molecular weight is 450 g/mol. The molecule has 3 rings (SSSR count). The lowest BCUT2D eigenvalue weighted by molar-refractivity contribution is 0.0389. The first-order valence-electron chi connectivity index (χ1n) is 11.1. The highest BCUT2D eigenvalue weighted by Crippen LogP contribution is 2.24. The zero-order valence-electron chi connectivity index (χ0n) is 18.7. The number of aromatic nitrogens is 3. The van der Waals surface area contributed by atoms with Crippen molar-refractivity contribution in [2.75, 3.05) is 58.3 Å². The van der Waals surface area contributed by atoms with Gasteiger partial charge in [0.15, 0.2) is 10.9 Å². The predicted octanol–water partition coefficient (Wildman–Crippen LogP) is 1.43. The lowest BCUT2D eigenvalue weighted by Gasteiger charge is -2.26. The third-order valence-corrected chi connectivity index (χ3v) is 5.70.